The summed E-state index contributed by atoms with van der Waals surface area (Å²) in [5.74, 6) is 1.42. The van der Waals surface area contributed by atoms with Crippen molar-refractivity contribution in [1.82, 2.24) is 0 Å². The Bertz CT molecular complexity index is 175. The standard InChI is InChI=1S/2C5H5.C4H9.Ru/c2*1-2-4-5-3-1;1-4(2)3;/h2*1-3H,4H2;1-3H3;/q3*-1;+3. The number of hydrogen-bond donors (Lipinski definition) is 0. The third-order valence-corrected chi connectivity index (χ3v) is 1.17. The third kappa shape index (κ3) is 19.8. The second-order valence-corrected chi connectivity index (χ2v) is 3.51. The van der Waals surface area contributed by atoms with Crippen molar-refractivity contribution in [3.63, 3.8) is 0 Å². The molecule has 2 aliphatic carbocycles. The van der Waals surface area contributed by atoms with E-state index in [2.05, 4.69) is 45.1 Å². The number of rotatable bonds is 0. The first-order valence-corrected chi connectivity index (χ1v) is 4.93. The molecule has 1 radical (unpaired) electrons. The molecule has 83 valence electrons. The number of allylic oxidation sites excluding steroid dienone is 8. The van der Waals surface area contributed by atoms with Gasteiger partial charge in [0.15, 0.2) is 0 Å². The number of hydrogen-bond acceptors (Lipinski definition) is 0. The SMILES string of the molecule is C[C-](C)C.[C-]1=CC=CC1.[C-]1=CC=CC1.[Ru+3]. The van der Waals surface area contributed by atoms with Crippen LogP contribution in [0.15, 0.2) is 36.5 Å². The maximum atomic E-state index is 2.99. The van der Waals surface area contributed by atoms with Crippen LogP contribution < -0.4 is 0 Å². The molecule has 0 atom stereocenters. The summed E-state index contributed by atoms with van der Waals surface area (Å²) in [4.78, 5) is 0. The van der Waals surface area contributed by atoms with Crippen molar-refractivity contribution >= 4 is 0 Å². The van der Waals surface area contributed by atoms with Crippen molar-refractivity contribution in [3.05, 3.63) is 54.5 Å². The molecule has 0 nitrogen and oxygen atoms in total. The van der Waals surface area contributed by atoms with Crippen molar-refractivity contribution in [2.24, 2.45) is 0 Å². The molecule has 0 aromatic rings. The Labute approximate surface area is 108 Å². The average molecular weight is 288 g/mol. The molecule has 1 heteroatoms. The Hall–Kier alpha value is -0.417. The van der Waals surface area contributed by atoms with Crippen LogP contribution in [0.2, 0.25) is 0 Å². The largest absolute Gasteiger partial charge is 3.00 e. The van der Waals surface area contributed by atoms with E-state index in [1.165, 1.54) is 5.92 Å². The van der Waals surface area contributed by atoms with Crippen LogP contribution in [0, 0.1) is 18.1 Å². The molecule has 0 heterocycles. The molecule has 0 saturated carbocycles. The van der Waals surface area contributed by atoms with Gasteiger partial charge in [-0.15, -0.1) is 12.8 Å². The van der Waals surface area contributed by atoms with Gasteiger partial charge in [-0.05, 0) is 0 Å². The average Bonchev–Trinajstić information content (AvgIpc) is 2.83. The van der Waals surface area contributed by atoms with Gasteiger partial charge in [-0.2, -0.15) is 32.9 Å². The third-order valence-electron chi connectivity index (χ3n) is 1.17. The van der Waals surface area contributed by atoms with Crippen LogP contribution in [-0.2, 0) is 19.5 Å². The van der Waals surface area contributed by atoms with E-state index in [-0.39, 0.29) is 19.5 Å². The zero-order valence-electron chi connectivity index (χ0n) is 9.73. The first-order chi connectivity index (χ1) is 6.73. The summed E-state index contributed by atoms with van der Waals surface area (Å²) in [5.41, 5.74) is 0. The summed E-state index contributed by atoms with van der Waals surface area (Å²) in [6.07, 6.45) is 20.0. The van der Waals surface area contributed by atoms with Crippen LogP contribution in [0.5, 0.6) is 0 Å². The molecular weight excluding hydrogens is 269 g/mol. The van der Waals surface area contributed by atoms with Gasteiger partial charge in [-0.3, -0.25) is 12.2 Å². The maximum absolute atomic E-state index is 2.99. The molecule has 0 amide bonds. The van der Waals surface area contributed by atoms with E-state index in [0.29, 0.717) is 0 Å². The van der Waals surface area contributed by atoms with Crippen molar-refractivity contribution in [3.8, 4) is 0 Å². The van der Waals surface area contributed by atoms with Crippen LogP contribution in [0.4, 0.5) is 0 Å². The molecule has 0 saturated heterocycles. The van der Waals surface area contributed by atoms with Gasteiger partial charge in [0.1, 0.15) is 0 Å². The molecule has 0 unspecified atom stereocenters. The van der Waals surface area contributed by atoms with Crippen LogP contribution >= 0.6 is 0 Å². The zero-order chi connectivity index (χ0) is 10.6. The Balaban J connectivity index is 0. The monoisotopic (exact) mass is 289 g/mol. The van der Waals surface area contributed by atoms with Gasteiger partial charge in [-0.25, -0.2) is 24.3 Å². The van der Waals surface area contributed by atoms with Gasteiger partial charge in [0.2, 0.25) is 0 Å². The first kappa shape index (κ1) is 17.0. The minimum Gasteiger partial charge on any atom is -0.323 e. The van der Waals surface area contributed by atoms with Gasteiger partial charge >= 0.3 is 19.5 Å². The van der Waals surface area contributed by atoms with Gasteiger partial charge < -0.3 is 5.92 Å². The van der Waals surface area contributed by atoms with Gasteiger partial charge in [-0.1, -0.05) is 0 Å². The van der Waals surface area contributed by atoms with Gasteiger partial charge in [0, 0.05) is 0 Å². The van der Waals surface area contributed by atoms with Gasteiger partial charge in [0.25, 0.3) is 0 Å². The topological polar surface area (TPSA) is 0 Å². The summed E-state index contributed by atoms with van der Waals surface area (Å²) in [6, 6.07) is 0. The molecule has 0 fully saturated rings. The summed E-state index contributed by atoms with van der Waals surface area (Å²) in [6.45, 7) is 6.25. The summed E-state index contributed by atoms with van der Waals surface area (Å²) >= 11 is 0. The smallest absolute Gasteiger partial charge is 0.323 e. The predicted molar refractivity (Wildman–Crippen MR) is 63.4 cm³/mol. The van der Waals surface area contributed by atoms with Crippen LogP contribution in [0.3, 0.4) is 0 Å². The summed E-state index contributed by atoms with van der Waals surface area (Å²) < 4.78 is 0. The van der Waals surface area contributed by atoms with E-state index in [4.69, 9.17) is 0 Å². The second-order valence-electron chi connectivity index (χ2n) is 3.51. The fourth-order valence-corrected chi connectivity index (χ4v) is 0.680. The fourth-order valence-electron chi connectivity index (χ4n) is 0.680. The molecule has 0 aromatic heterocycles. The Morgan fingerprint density at radius 3 is 1.27 bits per heavy atom. The Kier molecular flexibility index (Phi) is 15.4. The van der Waals surface area contributed by atoms with E-state index in [9.17, 15) is 0 Å². The predicted octanol–water partition coefficient (Wildman–Crippen LogP) is 4.23. The van der Waals surface area contributed by atoms with Crippen molar-refractivity contribution in [2.45, 2.75) is 33.6 Å². The van der Waals surface area contributed by atoms with E-state index < -0.39 is 0 Å². The molecule has 0 spiro atoms. The zero-order valence-corrected chi connectivity index (χ0v) is 11.5. The molecule has 2 rings (SSSR count). The molecule has 0 aliphatic heterocycles. The van der Waals surface area contributed by atoms with E-state index >= 15 is 0 Å². The Morgan fingerprint density at radius 1 is 0.867 bits per heavy atom. The van der Waals surface area contributed by atoms with Crippen LogP contribution in [-0.4, -0.2) is 0 Å². The normalized spacial score (nSPS) is 14.1. The molecule has 0 N–H and O–H groups in total. The second kappa shape index (κ2) is 13.6. The van der Waals surface area contributed by atoms with E-state index in [1.807, 2.05) is 24.3 Å². The molecule has 15 heavy (non-hydrogen) atoms. The van der Waals surface area contributed by atoms with Crippen molar-refractivity contribution in [2.75, 3.05) is 0 Å². The Morgan fingerprint density at radius 2 is 1.20 bits per heavy atom. The fraction of sp³-hybridized carbons (Fsp3) is 0.357. The molecule has 0 aromatic carbocycles. The summed E-state index contributed by atoms with van der Waals surface area (Å²) in [5, 5.41) is 0. The molecule has 2 aliphatic rings. The quantitative estimate of drug-likeness (QED) is 0.462. The van der Waals surface area contributed by atoms with Crippen molar-refractivity contribution < 1.29 is 19.5 Å². The maximum Gasteiger partial charge on any atom is 3.00 e. The van der Waals surface area contributed by atoms with Crippen LogP contribution in [0.25, 0.3) is 0 Å². The van der Waals surface area contributed by atoms with Crippen LogP contribution in [0.1, 0.15) is 33.6 Å². The molecule has 0 bridgehead atoms. The van der Waals surface area contributed by atoms with E-state index in [1.54, 1.807) is 0 Å². The first-order valence-electron chi connectivity index (χ1n) is 4.93. The van der Waals surface area contributed by atoms with E-state index in [0.717, 1.165) is 12.8 Å². The molecular formula is C14H19Ru. The summed E-state index contributed by atoms with van der Waals surface area (Å²) in [7, 11) is 0. The van der Waals surface area contributed by atoms with Gasteiger partial charge in [0.05, 0.1) is 0 Å². The minimum atomic E-state index is 0. The minimum absolute atomic E-state index is 0. The van der Waals surface area contributed by atoms with Crippen molar-refractivity contribution in [1.29, 1.82) is 0 Å².